The van der Waals surface area contributed by atoms with E-state index in [9.17, 15) is 45.1 Å². The molecule has 0 bridgehead atoms. The number of Topliss-reactive ketones (excluding diaryl/α,β-unsaturated/α-hetero) is 1. The van der Waals surface area contributed by atoms with Gasteiger partial charge in [-0.3, -0.25) is 28.6 Å². The van der Waals surface area contributed by atoms with Crippen LogP contribution < -0.4 is 10.6 Å². The van der Waals surface area contributed by atoms with Gasteiger partial charge in [0, 0.05) is 5.92 Å². The standard InChI is InChI=1S/C27H16N4O12S2/c1-2-43-27(36)24-21(26(35)31(29-24)17-8-12-19(13-9-17)45(40,41)42)5-3-4-20-23(22(33)14-15-32)28-30(25(20)34)16-6-10-18(11-7-16)44(37,38)39/h1,3-13,29,32H,(H,37,38,39)(H,40,41,42)/b5-3?,20-4-. The number of ether oxygens (including phenoxy) is 1. The zero-order valence-corrected chi connectivity index (χ0v) is 23.7. The van der Waals surface area contributed by atoms with Gasteiger partial charge in [-0.2, -0.15) is 26.9 Å². The van der Waals surface area contributed by atoms with E-state index >= 15 is 0 Å². The molecule has 18 heteroatoms. The van der Waals surface area contributed by atoms with E-state index in [0.717, 1.165) is 76.4 Å². The molecule has 0 radical (unpaired) electrons. The number of nitrogens with one attached hydrogen (secondary N) is 1. The highest BCUT2D eigenvalue weighted by Crippen LogP contribution is 2.26. The number of esters is 1. The number of hydrazone groups is 1. The molecular weight excluding hydrogens is 636 g/mol. The summed E-state index contributed by atoms with van der Waals surface area (Å²) in [6.07, 6.45) is 11.3. The van der Waals surface area contributed by atoms with E-state index < -0.39 is 64.7 Å². The van der Waals surface area contributed by atoms with Gasteiger partial charge in [-0.05, 0) is 60.7 Å². The molecule has 16 nitrogen and oxygen atoms in total. The fourth-order valence-corrected chi connectivity index (χ4v) is 4.79. The fraction of sp³-hybridized carbons (Fsp3) is 0. The number of carbonyl (C=O) groups is 3. The zero-order chi connectivity index (χ0) is 33.1. The number of ketones is 1. The molecule has 4 N–H and O–H groups in total. The third-order valence-electron chi connectivity index (χ3n) is 5.84. The minimum absolute atomic E-state index is 0.0186. The number of aromatic nitrogens is 2. The number of nitrogens with zero attached hydrogens (tertiary/aromatic N) is 3. The van der Waals surface area contributed by atoms with Gasteiger partial charge in [-0.1, -0.05) is 12.5 Å². The summed E-state index contributed by atoms with van der Waals surface area (Å²) < 4.78 is 69.1. The van der Waals surface area contributed by atoms with Gasteiger partial charge in [0.25, 0.3) is 37.5 Å². The normalized spacial score (nSPS) is 14.2. The first-order valence-corrected chi connectivity index (χ1v) is 14.7. The summed E-state index contributed by atoms with van der Waals surface area (Å²) in [6.45, 7) is 0. The number of rotatable bonds is 8. The second kappa shape index (κ2) is 12.3. The summed E-state index contributed by atoms with van der Waals surface area (Å²) in [6, 6.07) is 8.50. The number of allylic oxidation sites excluding steroid dienone is 2. The minimum atomic E-state index is -4.55. The Kier molecular flexibility index (Phi) is 8.70. The Hall–Kier alpha value is -6.05. The van der Waals surface area contributed by atoms with Crippen LogP contribution in [-0.2, 0) is 34.6 Å². The number of terminal acetylenes is 1. The van der Waals surface area contributed by atoms with Crippen molar-refractivity contribution in [2.75, 3.05) is 5.01 Å². The first kappa shape index (κ1) is 31.9. The van der Waals surface area contributed by atoms with Crippen LogP contribution >= 0.6 is 0 Å². The molecule has 0 saturated carbocycles. The Morgan fingerprint density at radius 3 is 2.00 bits per heavy atom. The summed E-state index contributed by atoms with van der Waals surface area (Å²) in [5.41, 5.74) is -2.60. The van der Waals surface area contributed by atoms with Crippen LogP contribution in [0, 0.1) is 24.6 Å². The highest BCUT2D eigenvalue weighted by molar-refractivity contribution is 7.86. The Morgan fingerprint density at radius 1 is 0.933 bits per heavy atom. The molecule has 45 heavy (non-hydrogen) atoms. The molecule has 0 aliphatic carbocycles. The number of hydrogen-bond donors (Lipinski definition) is 4. The summed E-state index contributed by atoms with van der Waals surface area (Å²) in [4.78, 5) is 50.5. The van der Waals surface area contributed by atoms with Crippen molar-refractivity contribution in [1.29, 1.82) is 0 Å². The van der Waals surface area contributed by atoms with Gasteiger partial charge >= 0.3 is 5.97 Å². The highest BCUT2D eigenvalue weighted by Gasteiger charge is 2.34. The van der Waals surface area contributed by atoms with Crippen LogP contribution in [0.1, 0.15) is 16.1 Å². The number of carbonyl (C=O) groups excluding carboxylic acids is 3. The number of aromatic amines is 1. The first-order valence-electron chi connectivity index (χ1n) is 11.9. The lowest BCUT2D eigenvalue weighted by Gasteiger charge is -2.11. The number of anilines is 1. The third kappa shape index (κ3) is 6.64. The van der Waals surface area contributed by atoms with Gasteiger partial charge in [-0.25, -0.2) is 9.48 Å². The molecule has 0 saturated heterocycles. The van der Waals surface area contributed by atoms with Crippen molar-refractivity contribution in [2.45, 2.75) is 9.79 Å². The number of amides is 1. The molecule has 0 spiro atoms. The van der Waals surface area contributed by atoms with E-state index in [1.54, 1.807) is 6.11 Å². The average Bonchev–Trinajstić information content (AvgIpc) is 3.49. The van der Waals surface area contributed by atoms with Gasteiger partial charge in [0.2, 0.25) is 0 Å². The first-order chi connectivity index (χ1) is 21.2. The van der Waals surface area contributed by atoms with Crippen molar-refractivity contribution in [1.82, 2.24) is 9.78 Å². The van der Waals surface area contributed by atoms with Crippen LogP contribution in [0.2, 0.25) is 0 Å². The van der Waals surface area contributed by atoms with Crippen LogP contribution in [0.4, 0.5) is 5.69 Å². The maximum Gasteiger partial charge on any atom is 0.370 e. The maximum absolute atomic E-state index is 13.2. The molecule has 4 rings (SSSR count). The van der Waals surface area contributed by atoms with E-state index in [1.807, 2.05) is 5.92 Å². The second-order valence-electron chi connectivity index (χ2n) is 8.56. The average molecular weight is 653 g/mol. The van der Waals surface area contributed by atoms with Crippen molar-refractivity contribution in [3.05, 3.63) is 87.9 Å². The van der Waals surface area contributed by atoms with E-state index in [0.29, 0.717) is 0 Å². The number of benzene rings is 2. The van der Waals surface area contributed by atoms with E-state index in [1.165, 1.54) is 6.11 Å². The predicted octanol–water partition coefficient (Wildman–Crippen LogP) is 0.651. The van der Waals surface area contributed by atoms with E-state index in [-0.39, 0.29) is 22.5 Å². The molecule has 2 aromatic carbocycles. The molecule has 1 amide bonds. The molecule has 2 heterocycles. The topological polar surface area (TPSA) is 243 Å². The Balaban J connectivity index is 1.77. The molecule has 1 aliphatic heterocycles. The van der Waals surface area contributed by atoms with Gasteiger partial charge in [-0.15, -0.1) is 0 Å². The van der Waals surface area contributed by atoms with Crippen LogP contribution in [0.15, 0.2) is 85.9 Å². The largest absolute Gasteiger partial charge is 0.462 e. The van der Waals surface area contributed by atoms with Crippen LogP contribution in [0.5, 0.6) is 0 Å². The van der Waals surface area contributed by atoms with Crippen molar-refractivity contribution < 1.29 is 50.2 Å². The lowest BCUT2D eigenvalue weighted by atomic mass is 10.1. The highest BCUT2D eigenvalue weighted by atomic mass is 32.2. The lowest BCUT2D eigenvalue weighted by Crippen LogP contribution is -2.22. The van der Waals surface area contributed by atoms with Gasteiger partial charge < -0.3 is 9.84 Å². The molecule has 1 aliphatic rings. The lowest BCUT2D eigenvalue weighted by molar-refractivity contribution is -0.114. The zero-order valence-electron chi connectivity index (χ0n) is 22.1. The van der Waals surface area contributed by atoms with Crippen molar-refractivity contribution in [3.8, 4) is 30.2 Å². The van der Waals surface area contributed by atoms with Crippen molar-refractivity contribution in [2.24, 2.45) is 5.10 Å². The Labute approximate surface area is 253 Å². The molecular formula is C27H16N4O12S2. The summed E-state index contributed by atoms with van der Waals surface area (Å²) in [5.74, 6) is -1.35. The Bertz CT molecular complexity index is 2220. The predicted molar refractivity (Wildman–Crippen MR) is 153 cm³/mol. The second-order valence-corrected chi connectivity index (χ2v) is 11.4. The van der Waals surface area contributed by atoms with Crippen LogP contribution in [-0.4, -0.2) is 64.2 Å². The molecule has 1 aromatic heterocycles. The smallest absolute Gasteiger partial charge is 0.370 e. The van der Waals surface area contributed by atoms with Gasteiger partial charge in [0.1, 0.15) is 12.2 Å². The molecule has 3 aromatic rings. The molecule has 0 fully saturated rings. The number of aliphatic hydroxyl groups excluding tert-OH is 1. The SMILES string of the molecule is C#COC(=O)c1[nH]n(-c2ccc(S(=O)(=O)O)cc2)c(=O)c1C=C/C=C1\C(=O)N(c2ccc(S(=O)(=O)O)cc2)N=C1C(=O)C#CO. The number of aliphatic hydroxyl groups is 1. The number of H-pyrrole nitrogens is 1. The molecule has 0 atom stereocenters. The van der Waals surface area contributed by atoms with Crippen LogP contribution in [0.3, 0.4) is 0 Å². The Morgan fingerprint density at radius 2 is 1.49 bits per heavy atom. The van der Waals surface area contributed by atoms with E-state index in [2.05, 4.69) is 14.9 Å². The van der Waals surface area contributed by atoms with Crippen molar-refractivity contribution >= 4 is 55.4 Å². The monoisotopic (exact) mass is 652 g/mol. The van der Waals surface area contributed by atoms with Crippen LogP contribution in [0.25, 0.3) is 11.8 Å². The third-order valence-corrected chi connectivity index (χ3v) is 7.58. The summed E-state index contributed by atoms with van der Waals surface area (Å²) in [5, 5.41) is 16.0. The molecule has 228 valence electrons. The minimum Gasteiger partial charge on any atom is -0.462 e. The summed E-state index contributed by atoms with van der Waals surface area (Å²) in [7, 11) is -9.08. The van der Waals surface area contributed by atoms with Gasteiger partial charge in [0.05, 0.1) is 32.3 Å². The van der Waals surface area contributed by atoms with Crippen molar-refractivity contribution in [3.63, 3.8) is 0 Å². The fourth-order valence-electron chi connectivity index (χ4n) is 3.83. The molecule has 0 unspecified atom stereocenters. The van der Waals surface area contributed by atoms with E-state index in [4.69, 9.17) is 11.5 Å². The number of hydrogen-bond acceptors (Lipinski definition) is 11. The van der Waals surface area contributed by atoms with Gasteiger partial charge in [0.15, 0.2) is 11.4 Å². The quantitative estimate of drug-likeness (QED) is 0.113. The maximum atomic E-state index is 13.2. The summed E-state index contributed by atoms with van der Waals surface area (Å²) >= 11 is 0.